The number of carbonyl (C=O) groups is 2. The first-order valence-corrected chi connectivity index (χ1v) is 7.78. The number of carboxylic acids is 1. The van der Waals surface area contributed by atoms with Crippen LogP contribution in [0.1, 0.15) is 41.4 Å². The maximum Gasteiger partial charge on any atom is 0.341 e. The second-order valence-corrected chi connectivity index (χ2v) is 5.54. The summed E-state index contributed by atoms with van der Waals surface area (Å²) < 4.78 is 10.8. The normalized spacial score (nSPS) is 12.4. The Balaban J connectivity index is 2.37. The number of carboxylic acid groups (broad SMARTS) is 1. The first kappa shape index (κ1) is 18.3. The standard InChI is InChI=1S/C20H20O5/c1-13(11-19(21)22)16-9-10-18(17(12-16)20(23)24-3)25-14(2)15-7-5-4-6-8-15/h4-12,14H,1-3H3,(H,21,22)/b13-11+. The van der Waals surface area contributed by atoms with Crippen LogP contribution >= 0.6 is 0 Å². The van der Waals surface area contributed by atoms with Crippen LogP contribution in [0, 0.1) is 0 Å². The lowest BCUT2D eigenvalue weighted by Crippen LogP contribution is -2.09. The number of rotatable bonds is 6. The van der Waals surface area contributed by atoms with Crippen molar-refractivity contribution in [2.24, 2.45) is 0 Å². The van der Waals surface area contributed by atoms with E-state index >= 15 is 0 Å². The lowest BCUT2D eigenvalue weighted by Gasteiger charge is -2.18. The van der Waals surface area contributed by atoms with E-state index in [1.807, 2.05) is 37.3 Å². The molecule has 0 aromatic heterocycles. The molecule has 130 valence electrons. The molecule has 0 heterocycles. The van der Waals surface area contributed by atoms with Crippen LogP contribution in [-0.2, 0) is 9.53 Å². The summed E-state index contributed by atoms with van der Waals surface area (Å²) in [5, 5.41) is 8.88. The molecule has 1 atom stereocenters. The van der Waals surface area contributed by atoms with Crippen molar-refractivity contribution in [2.75, 3.05) is 7.11 Å². The zero-order chi connectivity index (χ0) is 18.4. The quantitative estimate of drug-likeness (QED) is 0.633. The summed E-state index contributed by atoms with van der Waals surface area (Å²) in [4.78, 5) is 22.9. The molecule has 5 heteroatoms. The minimum absolute atomic E-state index is 0.251. The summed E-state index contributed by atoms with van der Waals surface area (Å²) in [5.41, 5.74) is 2.37. The van der Waals surface area contributed by atoms with Crippen LogP contribution in [0.4, 0.5) is 0 Å². The van der Waals surface area contributed by atoms with Crippen LogP contribution in [0.25, 0.3) is 5.57 Å². The smallest absolute Gasteiger partial charge is 0.341 e. The monoisotopic (exact) mass is 340 g/mol. The Bertz CT molecular complexity index is 793. The van der Waals surface area contributed by atoms with Crippen molar-refractivity contribution < 1.29 is 24.2 Å². The molecular formula is C20H20O5. The number of ether oxygens (including phenoxy) is 2. The molecule has 0 fully saturated rings. The third-order valence-corrected chi connectivity index (χ3v) is 3.75. The van der Waals surface area contributed by atoms with Crippen molar-refractivity contribution in [1.82, 2.24) is 0 Å². The molecule has 0 aliphatic rings. The summed E-state index contributed by atoms with van der Waals surface area (Å²) in [6.07, 6.45) is 0.829. The first-order valence-electron chi connectivity index (χ1n) is 7.78. The highest BCUT2D eigenvalue weighted by Gasteiger charge is 2.17. The fraction of sp³-hybridized carbons (Fsp3) is 0.200. The van der Waals surface area contributed by atoms with Gasteiger partial charge in [-0.05, 0) is 42.7 Å². The molecule has 0 bridgehead atoms. The van der Waals surface area contributed by atoms with Gasteiger partial charge in [-0.25, -0.2) is 9.59 Å². The molecule has 1 unspecified atom stereocenters. The fourth-order valence-electron chi connectivity index (χ4n) is 2.40. The topological polar surface area (TPSA) is 72.8 Å². The predicted molar refractivity (Wildman–Crippen MR) is 94.6 cm³/mol. The largest absolute Gasteiger partial charge is 0.485 e. The van der Waals surface area contributed by atoms with Crippen molar-refractivity contribution in [3.8, 4) is 5.75 Å². The molecule has 0 spiro atoms. The highest BCUT2D eigenvalue weighted by atomic mass is 16.5. The van der Waals surface area contributed by atoms with Crippen molar-refractivity contribution in [3.05, 3.63) is 71.3 Å². The highest BCUT2D eigenvalue weighted by molar-refractivity contribution is 5.95. The zero-order valence-corrected chi connectivity index (χ0v) is 14.4. The van der Waals surface area contributed by atoms with Gasteiger partial charge in [0, 0.05) is 6.08 Å². The number of carbonyl (C=O) groups excluding carboxylic acids is 1. The fourth-order valence-corrected chi connectivity index (χ4v) is 2.40. The summed E-state index contributed by atoms with van der Waals surface area (Å²) in [6.45, 7) is 3.55. The number of methoxy groups -OCH3 is 1. The van der Waals surface area contributed by atoms with E-state index in [2.05, 4.69) is 0 Å². The summed E-state index contributed by atoms with van der Waals surface area (Å²) in [7, 11) is 1.29. The lowest BCUT2D eigenvalue weighted by atomic mass is 10.0. The van der Waals surface area contributed by atoms with Crippen LogP contribution in [0.15, 0.2) is 54.6 Å². The van der Waals surface area contributed by atoms with Gasteiger partial charge in [0.25, 0.3) is 0 Å². The van der Waals surface area contributed by atoms with Gasteiger partial charge in [0.15, 0.2) is 0 Å². The van der Waals surface area contributed by atoms with Gasteiger partial charge in [0.1, 0.15) is 17.4 Å². The first-order chi connectivity index (χ1) is 11.9. The Labute approximate surface area is 146 Å². The predicted octanol–water partition coefficient (Wildman–Crippen LogP) is 4.10. The molecular weight excluding hydrogens is 320 g/mol. The molecule has 0 aliphatic carbocycles. The molecule has 2 rings (SSSR count). The molecule has 2 aromatic rings. The van der Waals surface area contributed by atoms with Crippen molar-refractivity contribution in [3.63, 3.8) is 0 Å². The van der Waals surface area contributed by atoms with E-state index in [4.69, 9.17) is 14.6 Å². The number of hydrogen-bond donors (Lipinski definition) is 1. The molecule has 0 aliphatic heterocycles. The van der Waals surface area contributed by atoms with Crippen LogP contribution in [0.3, 0.4) is 0 Å². The van der Waals surface area contributed by atoms with Crippen molar-refractivity contribution in [1.29, 1.82) is 0 Å². The molecule has 0 saturated heterocycles. The van der Waals surface area contributed by atoms with Crippen LogP contribution < -0.4 is 4.74 Å². The van der Waals surface area contributed by atoms with Crippen molar-refractivity contribution in [2.45, 2.75) is 20.0 Å². The Kier molecular flexibility index (Phi) is 5.95. The average Bonchev–Trinajstić information content (AvgIpc) is 2.61. The van der Waals surface area contributed by atoms with Gasteiger partial charge in [-0.15, -0.1) is 0 Å². The van der Waals surface area contributed by atoms with E-state index in [0.29, 0.717) is 16.9 Å². The van der Waals surface area contributed by atoms with E-state index in [1.54, 1.807) is 25.1 Å². The number of allylic oxidation sites excluding steroid dienone is 1. The SMILES string of the molecule is COC(=O)c1cc(/C(C)=C/C(=O)O)ccc1OC(C)c1ccccc1. The minimum Gasteiger partial charge on any atom is -0.485 e. The van der Waals surface area contributed by atoms with E-state index in [1.165, 1.54) is 7.11 Å². The lowest BCUT2D eigenvalue weighted by molar-refractivity contribution is -0.131. The zero-order valence-electron chi connectivity index (χ0n) is 14.4. The van der Waals surface area contributed by atoms with E-state index < -0.39 is 11.9 Å². The van der Waals surface area contributed by atoms with Crippen LogP contribution in [-0.4, -0.2) is 24.2 Å². The molecule has 5 nitrogen and oxygen atoms in total. The van der Waals surface area contributed by atoms with Gasteiger partial charge in [0.05, 0.1) is 7.11 Å². The third kappa shape index (κ3) is 4.70. The van der Waals surface area contributed by atoms with E-state index in [9.17, 15) is 9.59 Å². The number of aliphatic carboxylic acids is 1. The summed E-state index contributed by atoms with van der Waals surface area (Å²) in [5.74, 6) is -1.20. The molecule has 0 amide bonds. The molecule has 1 N–H and O–H groups in total. The van der Waals surface area contributed by atoms with Gasteiger partial charge in [-0.2, -0.15) is 0 Å². The molecule has 25 heavy (non-hydrogen) atoms. The van der Waals surface area contributed by atoms with Gasteiger partial charge < -0.3 is 14.6 Å². The molecule has 0 saturated carbocycles. The Hall–Kier alpha value is -3.08. The average molecular weight is 340 g/mol. The summed E-state index contributed by atoms with van der Waals surface area (Å²) >= 11 is 0. The Morgan fingerprint density at radius 3 is 2.40 bits per heavy atom. The molecule has 0 radical (unpaired) electrons. The highest BCUT2D eigenvalue weighted by Crippen LogP contribution is 2.29. The van der Waals surface area contributed by atoms with Crippen LogP contribution in [0.2, 0.25) is 0 Å². The number of benzene rings is 2. The van der Waals surface area contributed by atoms with Gasteiger partial charge in [-0.3, -0.25) is 0 Å². The van der Waals surface area contributed by atoms with Crippen molar-refractivity contribution >= 4 is 17.5 Å². The maximum atomic E-state index is 12.1. The Morgan fingerprint density at radius 1 is 1.12 bits per heavy atom. The maximum absolute atomic E-state index is 12.1. The van der Waals surface area contributed by atoms with E-state index in [0.717, 1.165) is 11.6 Å². The van der Waals surface area contributed by atoms with E-state index in [-0.39, 0.29) is 11.7 Å². The van der Waals surface area contributed by atoms with Gasteiger partial charge in [-0.1, -0.05) is 36.4 Å². The minimum atomic E-state index is -1.05. The second-order valence-electron chi connectivity index (χ2n) is 5.54. The number of esters is 1. The van der Waals surface area contributed by atoms with Gasteiger partial charge >= 0.3 is 11.9 Å². The Morgan fingerprint density at radius 2 is 1.80 bits per heavy atom. The summed E-state index contributed by atoms with van der Waals surface area (Å²) in [6, 6.07) is 14.6. The van der Waals surface area contributed by atoms with Gasteiger partial charge in [0.2, 0.25) is 0 Å². The molecule has 2 aromatic carbocycles. The second kappa shape index (κ2) is 8.15. The number of hydrogen-bond acceptors (Lipinski definition) is 4. The third-order valence-electron chi connectivity index (χ3n) is 3.75. The van der Waals surface area contributed by atoms with Crippen LogP contribution in [0.5, 0.6) is 5.75 Å².